The van der Waals surface area contributed by atoms with Crippen LogP contribution in [0.15, 0.2) is 36.7 Å². The molecule has 1 unspecified atom stereocenters. The monoisotopic (exact) mass is 303 g/mol. The molecule has 1 saturated heterocycles. The molecule has 4 nitrogen and oxygen atoms in total. The first-order valence-corrected chi connectivity index (χ1v) is 7.65. The molecule has 21 heavy (non-hydrogen) atoms. The highest BCUT2D eigenvalue weighted by atomic mass is 35.5. The summed E-state index contributed by atoms with van der Waals surface area (Å²) >= 11 is 5.94. The van der Waals surface area contributed by atoms with Gasteiger partial charge >= 0.3 is 0 Å². The number of halogens is 1. The third-order valence-electron chi connectivity index (χ3n) is 3.59. The second kappa shape index (κ2) is 6.87. The summed E-state index contributed by atoms with van der Waals surface area (Å²) in [7, 11) is 0. The summed E-state index contributed by atoms with van der Waals surface area (Å²) in [5.41, 5.74) is 0. The van der Waals surface area contributed by atoms with E-state index in [-0.39, 0.29) is 0 Å². The minimum atomic E-state index is 0.396. The van der Waals surface area contributed by atoms with Gasteiger partial charge in [0.2, 0.25) is 0 Å². The van der Waals surface area contributed by atoms with Crippen LogP contribution in [-0.2, 0) is 0 Å². The van der Waals surface area contributed by atoms with Crippen molar-refractivity contribution < 1.29 is 4.74 Å². The first-order valence-electron chi connectivity index (χ1n) is 7.27. The van der Waals surface area contributed by atoms with E-state index < -0.39 is 0 Å². The largest absolute Gasteiger partial charge is 0.454 e. The summed E-state index contributed by atoms with van der Waals surface area (Å²) in [5, 5.41) is 4.08. The van der Waals surface area contributed by atoms with Crippen LogP contribution in [0.1, 0.15) is 31.0 Å². The van der Waals surface area contributed by atoms with Crippen LogP contribution in [0.2, 0.25) is 5.02 Å². The van der Waals surface area contributed by atoms with Gasteiger partial charge in [-0.25, -0.2) is 9.97 Å². The molecule has 1 N–H and O–H groups in total. The Balaban J connectivity index is 1.68. The van der Waals surface area contributed by atoms with Crippen molar-refractivity contribution in [2.24, 2.45) is 0 Å². The molecule has 0 radical (unpaired) electrons. The lowest BCUT2D eigenvalue weighted by Crippen LogP contribution is -2.20. The van der Waals surface area contributed by atoms with Crippen molar-refractivity contribution in [2.45, 2.75) is 25.2 Å². The average molecular weight is 304 g/mol. The second-order valence-electron chi connectivity index (χ2n) is 5.23. The molecule has 110 valence electrons. The Kier molecular flexibility index (Phi) is 4.68. The molecule has 0 bridgehead atoms. The van der Waals surface area contributed by atoms with Crippen LogP contribution >= 0.6 is 11.6 Å². The molecule has 2 heterocycles. The lowest BCUT2D eigenvalue weighted by molar-refractivity contribution is 0.473. The molecule has 1 aromatic carbocycles. The fraction of sp³-hybridized carbons (Fsp3) is 0.375. The molecule has 1 aliphatic rings. The molecule has 0 saturated carbocycles. The van der Waals surface area contributed by atoms with Crippen molar-refractivity contribution in [1.82, 2.24) is 15.3 Å². The average Bonchev–Trinajstić information content (AvgIpc) is 2.77. The van der Waals surface area contributed by atoms with Gasteiger partial charge in [-0.3, -0.25) is 0 Å². The van der Waals surface area contributed by atoms with Gasteiger partial charge in [0, 0.05) is 17.5 Å². The summed E-state index contributed by atoms with van der Waals surface area (Å²) in [6.07, 6.45) is 7.05. The molecule has 1 fully saturated rings. The fourth-order valence-corrected chi connectivity index (χ4v) is 2.68. The summed E-state index contributed by atoms with van der Waals surface area (Å²) in [5.74, 6) is 2.60. The van der Waals surface area contributed by atoms with E-state index in [1.54, 1.807) is 18.5 Å². The zero-order chi connectivity index (χ0) is 14.5. The molecule has 5 heteroatoms. The first-order chi connectivity index (χ1) is 10.3. The van der Waals surface area contributed by atoms with Crippen molar-refractivity contribution >= 4 is 11.6 Å². The number of rotatable bonds is 3. The second-order valence-corrected chi connectivity index (χ2v) is 5.67. The molecule has 0 amide bonds. The molecule has 3 rings (SSSR count). The predicted molar refractivity (Wildman–Crippen MR) is 83.0 cm³/mol. The van der Waals surface area contributed by atoms with E-state index in [2.05, 4.69) is 15.3 Å². The molecular formula is C16H18ClN3O. The maximum atomic E-state index is 5.94. The highest BCUT2D eigenvalue weighted by Crippen LogP contribution is 2.25. The van der Waals surface area contributed by atoms with Gasteiger partial charge in [-0.2, -0.15) is 0 Å². The Bertz CT molecular complexity index is 580. The fourth-order valence-electron chi connectivity index (χ4n) is 2.50. The number of hydrogen-bond acceptors (Lipinski definition) is 4. The van der Waals surface area contributed by atoms with Gasteiger partial charge in [0.1, 0.15) is 11.6 Å². The van der Waals surface area contributed by atoms with E-state index >= 15 is 0 Å². The number of nitrogens with one attached hydrogen (secondary N) is 1. The quantitative estimate of drug-likeness (QED) is 0.937. The van der Waals surface area contributed by atoms with Crippen LogP contribution in [0.25, 0.3) is 0 Å². The van der Waals surface area contributed by atoms with Gasteiger partial charge in [-0.15, -0.1) is 0 Å². The first kappa shape index (κ1) is 14.3. The minimum absolute atomic E-state index is 0.396. The van der Waals surface area contributed by atoms with E-state index in [1.807, 2.05) is 18.2 Å². The van der Waals surface area contributed by atoms with E-state index in [1.165, 1.54) is 12.8 Å². The van der Waals surface area contributed by atoms with Gasteiger partial charge < -0.3 is 10.1 Å². The van der Waals surface area contributed by atoms with Gasteiger partial charge in [-0.1, -0.05) is 24.1 Å². The normalized spacial score (nSPS) is 19.0. The number of aromatic nitrogens is 2. The third-order valence-corrected chi connectivity index (χ3v) is 3.83. The van der Waals surface area contributed by atoms with Crippen LogP contribution in [0, 0.1) is 0 Å². The van der Waals surface area contributed by atoms with Crippen molar-refractivity contribution in [1.29, 1.82) is 0 Å². The van der Waals surface area contributed by atoms with Gasteiger partial charge in [-0.05, 0) is 37.6 Å². The molecule has 1 atom stereocenters. The minimum Gasteiger partial charge on any atom is -0.454 e. The summed E-state index contributed by atoms with van der Waals surface area (Å²) in [6, 6.07) is 7.29. The smallest absolute Gasteiger partial charge is 0.164 e. The van der Waals surface area contributed by atoms with Crippen molar-refractivity contribution in [3.8, 4) is 11.5 Å². The Labute approximate surface area is 129 Å². The lowest BCUT2D eigenvalue weighted by Gasteiger charge is -2.13. The van der Waals surface area contributed by atoms with Crippen LogP contribution in [0.5, 0.6) is 11.5 Å². The Morgan fingerprint density at radius 1 is 1.14 bits per heavy atom. The van der Waals surface area contributed by atoms with Crippen LogP contribution in [0.3, 0.4) is 0 Å². The molecular weight excluding hydrogens is 286 g/mol. The Morgan fingerprint density at radius 2 is 2.00 bits per heavy atom. The Hall–Kier alpha value is -1.65. The standard InChI is InChI=1S/C16H18ClN3O/c17-13-5-3-6-14(8-13)21-15-10-19-16(20-11-15)12-4-1-2-7-18-9-12/h3,5-6,8,10-12,18H,1-2,4,7,9H2. The predicted octanol–water partition coefficient (Wildman–Crippen LogP) is 3.78. The zero-order valence-electron chi connectivity index (χ0n) is 11.8. The lowest BCUT2D eigenvalue weighted by atomic mass is 10.0. The van der Waals surface area contributed by atoms with Crippen molar-refractivity contribution in [3.63, 3.8) is 0 Å². The van der Waals surface area contributed by atoms with Crippen LogP contribution < -0.4 is 10.1 Å². The summed E-state index contributed by atoms with van der Waals surface area (Å²) in [6.45, 7) is 2.04. The van der Waals surface area contributed by atoms with Crippen LogP contribution in [-0.4, -0.2) is 23.1 Å². The highest BCUT2D eigenvalue weighted by molar-refractivity contribution is 6.30. The maximum Gasteiger partial charge on any atom is 0.164 e. The molecule has 0 spiro atoms. The van der Waals surface area contributed by atoms with E-state index in [4.69, 9.17) is 16.3 Å². The number of nitrogens with zero attached hydrogens (tertiary/aromatic N) is 2. The van der Waals surface area contributed by atoms with E-state index in [0.717, 1.165) is 25.3 Å². The van der Waals surface area contributed by atoms with Crippen LogP contribution in [0.4, 0.5) is 0 Å². The number of hydrogen-bond donors (Lipinski definition) is 1. The van der Waals surface area contributed by atoms with Gasteiger partial charge in [0.05, 0.1) is 12.4 Å². The maximum absolute atomic E-state index is 5.94. The van der Waals surface area contributed by atoms with E-state index in [9.17, 15) is 0 Å². The molecule has 2 aromatic rings. The highest BCUT2D eigenvalue weighted by Gasteiger charge is 2.16. The molecule has 1 aromatic heterocycles. The third kappa shape index (κ3) is 3.93. The number of benzene rings is 1. The number of ether oxygens (including phenoxy) is 1. The summed E-state index contributed by atoms with van der Waals surface area (Å²) < 4.78 is 5.70. The topological polar surface area (TPSA) is 47.0 Å². The van der Waals surface area contributed by atoms with Gasteiger partial charge in [0.15, 0.2) is 5.75 Å². The SMILES string of the molecule is Clc1cccc(Oc2cnc(C3CCCCNC3)nc2)c1. The molecule has 0 aliphatic carbocycles. The van der Waals surface area contributed by atoms with Crippen molar-refractivity contribution in [2.75, 3.05) is 13.1 Å². The Morgan fingerprint density at radius 3 is 2.81 bits per heavy atom. The van der Waals surface area contributed by atoms with E-state index in [0.29, 0.717) is 22.4 Å². The molecule has 1 aliphatic heterocycles. The summed E-state index contributed by atoms with van der Waals surface area (Å²) in [4.78, 5) is 8.91. The zero-order valence-corrected chi connectivity index (χ0v) is 12.5. The van der Waals surface area contributed by atoms with Crippen molar-refractivity contribution in [3.05, 3.63) is 47.5 Å². The van der Waals surface area contributed by atoms with Gasteiger partial charge in [0.25, 0.3) is 0 Å².